The number of rotatable bonds is 7. The molecule has 1 heterocycles. The Balaban J connectivity index is 1.94. The fourth-order valence-corrected chi connectivity index (χ4v) is 1.98. The molecule has 2 rings (SSSR count). The van der Waals surface area contributed by atoms with Crippen molar-refractivity contribution >= 4 is 5.84 Å². The number of nitrogens with zero attached hydrogens (tertiary/aromatic N) is 3. The summed E-state index contributed by atoms with van der Waals surface area (Å²) in [5.74, 6) is 0.611. The Bertz CT molecular complexity index is 595. The minimum Gasteiger partial charge on any atom is -0.496 e. The molecule has 2 aromatic rings. The molecule has 4 N–H and O–H groups in total. The predicted molar refractivity (Wildman–Crippen MR) is 79.4 cm³/mol. The van der Waals surface area contributed by atoms with Crippen LogP contribution in [-0.2, 0) is 13.1 Å². The molecule has 7 nitrogen and oxygen atoms in total. The first-order chi connectivity index (χ1) is 10.2. The Hall–Kier alpha value is -2.54. The molecule has 21 heavy (non-hydrogen) atoms. The van der Waals surface area contributed by atoms with Crippen LogP contribution in [0.3, 0.4) is 0 Å². The first-order valence-electron chi connectivity index (χ1n) is 6.56. The van der Waals surface area contributed by atoms with Gasteiger partial charge in [-0.05, 0) is 17.7 Å². The summed E-state index contributed by atoms with van der Waals surface area (Å²) in [4.78, 5) is 3.99. The van der Waals surface area contributed by atoms with Crippen LogP contribution in [0, 0.1) is 0 Å². The highest BCUT2D eigenvalue weighted by Gasteiger charge is 2.08. The lowest BCUT2D eigenvalue weighted by molar-refractivity contribution is 0.318. The SMILES string of the molecule is COc1ccc(CNCCn2ccnc2)cc1C(N)=NO. The van der Waals surface area contributed by atoms with E-state index < -0.39 is 0 Å². The molecule has 0 radical (unpaired) electrons. The molecule has 7 heteroatoms. The minimum atomic E-state index is 0.0344. The van der Waals surface area contributed by atoms with Gasteiger partial charge >= 0.3 is 0 Å². The van der Waals surface area contributed by atoms with Crippen molar-refractivity contribution in [3.05, 3.63) is 48.0 Å². The number of hydrogen-bond donors (Lipinski definition) is 3. The van der Waals surface area contributed by atoms with Gasteiger partial charge in [0.15, 0.2) is 5.84 Å². The molecule has 0 bridgehead atoms. The van der Waals surface area contributed by atoms with E-state index in [-0.39, 0.29) is 5.84 Å². The molecule has 1 aromatic heterocycles. The molecule has 0 spiro atoms. The maximum Gasteiger partial charge on any atom is 0.173 e. The lowest BCUT2D eigenvalue weighted by Gasteiger charge is -2.10. The van der Waals surface area contributed by atoms with Crippen LogP contribution in [0.4, 0.5) is 0 Å². The van der Waals surface area contributed by atoms with E-state index in [2.05, 4.69) is 15.5 Å². The van der Waals surface area contributed by atoms with Crippen LogP contribution in [0.5, 0.6) is 5.75 Å². The van der Waals surface area contributed by atoms with Crippen LogP contribution in [0.1, 0.15) is 11.1 Å². The number of oxime groups is 1. The van der Waals surface area contributed by atoms with Crippen molar-refractivity contribution in [2.45, 2.75) is 13.1 Å². The molecule has 112 valence electrons. The molecule has 0 unspecified atom stereocenters. The van der Waals surface area contributed by atoms with Crippen LogP contribution in [0.25, 0.3) is 0 Å². The van der Waals surface area contributed by atoms with Gasteiger partial charge in [0.1, 0.15) is 5.75 Å². The Kier molecular flexibility index (Phi) is 5.16. The van der Waals surface area contributed by atoms with Gasteiger partial charge in [0, 0.05) is 32.0 Å². The van der Waals surface area contributed by atoms with Crippen LogP contribution >= 0.6 is 0 Å². The zero-order valence-corrected chi connectivity index (χ0v) is 11.9. The summed E-state index contributed by atoms with van der Waals surface area (Å²) in [6, 6.07) is 5.59. The second-order valence-electron chi connectivity index (χ2n) is 4.50. The molecule has 0 saturated heterocycles. The number of methoxy groups -OCH3 is 1. The Morgan fingerprint density at radius 2 is 2.38 bits per heavy atom. The largest absolute Gasteiger partial charge is 0.496 e. The Morgan fingerprint density at radius 1 is 1.52 bits per heavy atom. The maximum atomic E-state index is 8.80. The smallest absolute Gasteiger partial charge is 0.173 e. The van der Waals surface area contributed by atoms with E-state index in [9.17, 15) is 0 Å². The van der Waals surface area contributed by atoms with E-state index in [1.54, 1.807) is 25.7 Å². The van der Waals surface area contributed by atoms with Crippen LogP contribution in [-0.4, -0.2) is 34.2 Å². The minimum absolute atomic E-state index is 0.0344. The topological polar surface area (TPSA) is 97.7 Å². The molecule has 0 amide bonds. The fraction of sp³-hybridized carbons (Fsp3) is 0.286. The van der Waals surface area contributed by atoms with E-state index in [1.165, 1.54) is 0 Å². The number of imidazole rings is 1. The second kappa shape index (κ2) is 7.30. The normalized spacial score (nSPS) is 11.6. The van der Waals surface area contributed by atoms with Crippen molar-refractivity contribution in [3.8, 4) is 5.75 Å². The van der Waals surface area contributed by atoms with E-state index in [0.29, 0.717) is 17.9 Å². The molecule has 0 saturated carbocycles. The van der Waals surface area contributed by atoms with Gasteiger partial charge in [-0.1, -0.05) is 11.2 Å². The van der Waals surface area contributed by atoms with Crippen molar-refractivity contribution in [3.63, 3.8) is 0 Å². The lowest BCUT2D eigenvalue weighted by Crippen LogP contribution is -2.20. The zero-order valence-electron chi connectivity index (χ0n) is 11.9. The summed E-state index contributed by atoms with van der Waals surface area (Å²) in [5.41, 5.74) is 7.26. The van der Waals surface area contributed by atoms with Gasteiger partial charge in [0.25, 0.3) is 0 Å². The highest BCUT2D eigenvalue weighted by molar-refractivity contribution is 5.99. The van der Waals surface area contributed by atoms with Crippen molar-refractivity contribution in [2.24, 2.45) is 10.9 Å². The number of aromatic nitrogens is 2. The van der Waals surface area contributed by atoms with Gasteiger partial charge < -0.3 is 25.6 Å². The molecule has 0 atom stereocenters. The highest BCUT2D eigenvalue weighted by Crippen LogP contribution is 2.19. The van der Waals surface area contributed by atoms with Gasteiger partial charge in [0.2, 0.25) is 0 Å². The average Bonchev–Trinajstić information content (AvgIpc) is 3.04. The number of nitrogens with two attached hydrogens (primary N) is 1. The maximum absolute atomic E-state index is 8.80. The van der Waals surface area contributed by atoms with E-state index >= 15 is 0 Å². The van der Waals surface area contributed by atoms with Crippen LogP contribution in [0.15, 0.2) is 42.1 Å². The molecule has 0 aliphatic heterocycles. The predicted octanol–water partition coefficient (Wildman–Crippen LogP) is 0.776. The fourth-order valence-electron chi connectivity index (χ4n) is 1.98. The van der Waals surface area contributed by atoms with Crippen LogP contribution < -0.4 is 15.8 Å². The standard InChI is InChI=1S/C14H19N5O2/c1-21-13-3-2-11(8-12(13)14(15)18-20)9-16-4-6-19-7-5-17-10-19/h2-3,5,7-8,10,16,20H,4,6,9H2,1H3,(H2,15,18). The van der Waals surface area contributed by atoms with Crippen molar-refractivity contribution < 1.29 is 9.94 Å². The van der Waals surface area contributed by atoms with Gasteiger partial charge in [-0.3, -0.25) is 0 Å². The summed E-state index contributed by atoms with van der Waals surface area (Å²) >= 11 is 0. The van der Waals surface area contributed by atoms with Gasteiger partial charge in [-0.2, -0.15) is 0 Å². The summed E-state index contributed by atoms with van der Waals surface area (Å²) in [7, 11) is 1.55. The highest BCUT2D eigenvalue weighted by atomic mass is 16.5. The van der Waals surface area contributed by atoms with Gasteiger partial charge in [-0.15, -0.1) is 0 Å². The number of hydrogen-bond acceptors (Lipinski definition) is 5. The summed E-state index contributed by atoms with van der Waals surface area (Å²) in [6.45, 7) is 2.36. The second-order valence-corrected chi connectivity index (χ2v) is 4.50. The molecular formula is C14H19N5O2. The van der Waals surface area contributed by atoms with Crippen molar-refractivity contribution in [2.75, 3.05) is 13.7 Å². The lowest BCUT2D eigenvalue weighted by atomic mass is 10.1. The Labute approximate surface area is 123 Å². The zero-order chi connectivity index (χ0) is 15.1. The number of nitrogens with one attached hydrogen (secondary N) is 1. The van der Waals surface area contributed by atoms with E-state index in [1.807, 2.05) is 22.9 Å². The van der Waals surface area contributed by atoms with Crippen molar-refractivity contribution in [1.82, 2.24) is 14.9 Å². The summed E-state index contributed by atoms with van der Waals surface area (Å²) in [5, 5.41) is 15.2. The average molecular weight is 289 g/mol. The third kappa shape index (κ3) is 3.96. The Morgan fingerprint density at radius 3 is 3.05 bits per heavy atom. The molecule has 0 aliphatic rings. The first-order valence-corrected chi connectivity index (χ1v) is 6.56. The van der Waals surface area contributed by atoms with E-state index in [0.717, 1.165) is 18.7 Å². The first kappa shape index (κ1) is 14.9. The molecule has 0 fully saturated rings. The molecule has 1 aromatic carbocycles. The van der Waals surface area contributed by atoms with Crippen LogP contribution in [0.2, 0.25) is 0 Å². The molecule has 0 aliphatic carbocycles. The van der Waals surface area contributed by atoms with Crippen molar-refractivity contribution in [1.29, 1.82) is 0 Å². The van der Waals surface area contributed by atoms with Gasteiger partial charge in [0.05, 0.1) is 19.0 Å². The summed E-state index contributed by atoms with van der Waals surface area (Å²) < 4.78 is 7.20. The van der Waals surface area contributed by atoms with E-state index in [4.69, 9.17) is 15.7 Å². The third-order valence-corrected chi connectivity index (χ3v) is 3.08. The monoisotopic (exact) mass is 289 g/mol. The number of amidine groups is 1. The number of benzene rings is 1. The summed E-state index contributed by atoms with van der Waals surface area (Å²) in [6.07, 6.45) is 5.46. The quantitative estimate of drug-likeness (QED) is 0.230. The molecular weight excluding hydrogens is 270 g/mol. The third-order valence-electron chi connectivity index (χ3n) is 3.08. The number of ether oxygens (including phenoxy) is 1. The van der Waals surface area contributed by atoms with Gasteiger partial charge in [-0.25, -0.2) is 4.98 Å².